The molecule has 0 aromatic heterocycles. The van der Waals surface area contributed by atoms with Crippen LogP contribution in [0.3, 0.4) is 0 Å². The molecule has 1 aliphatic heterocycles. The molecular formula is C15H17ClN4O2. The van der Waals surface area contributed by atoms with Gasteiger partial charge in [0.15, 0.2) is 5.84 Å². The Morgan fingerprint density at radius 1 is 1.55 bits per heavy atom. The second-order valence-corrected chi connectivity index (χ2v) is 5.47. The first kappa shape index (κ1) is 16.3. The van der Waals surface area contributed by atoms with Crippen molar-refractivity contribution in [1.82, 2.24) is 5.43 Å². The number of epoxide rings is 1. The van der Waals surface area contributed by atoms with Crippen LogP contribution in [0.5, 0.6) is 0 Å². The van der Waals surface area contributed by atoms with Crippen molar-refractivity contribution in [2.75, 3.05) is 0 Å². The summed E-state index contributed by atoms with van der Waals surface area (Å²) in [6, 6.07) is 8.96. The number of carbonyl (C=O) groups excluding carboxylic acids is 1. The van der Waals surface area contributed by atoms with E-state index in [1.807, 2.05) is 13.0 Å². The molecule has 1 aromatic carbocycles. The molecule has 1 amide bonds. The Kier molecular flexibility index (Phi) is 5.01. The van der Waals surface area contributed by atoms with Gasteiger partial charge in [-0.05, 0) is 24.1 Å². The predicted octanol–water partition coefficient (Wildman–Crippen LogP) is 2.25. The van der Waals surface area contributed by atoms with Gasteiger partial charge in [-0.1, -0.05) is 37.1 Å². The van der Waals surface area contributed by atoms with Gasteiger partial charge in [0.25, 0.3) is 0 Å². The summed E-state index contributed by atoms with van der Waals surface area (Å²) in [6.07, 6.45) is 1.55. The van der Waals surface area contributed by atoms with Crippen molar-refractivity contribution in [2.45, 2.75) is 37.9 Å². The Labute approximate surface area is 133 Å². The van der Waals surface area contributed by atoms with Crippen LogP contribution in [0.15, 0.2) is 29.4 Å². The number of halogens is 1. The molecule has 0 saturated carbocycles. The number of unbranched alkanes of at least 4 members (excludes halogenated alkanes) is 1. The lowest BCUT2D eigenvalue weighted by Gasteiger charge is -2.05. The zero-order valence-corrected chi connectivity index (χ0v) is 12.9. The van der Waals surface area contributed by atoms with E-state index in [4.69, 9.17) is 22.1 Å². The molecular weight excluding hydrogens is 304 g/mol. The summed E-state index contributed by atoms with van der Waals surface area (Å²) in [5.41, 5.74) is 7.62. The lowest BCUT2D eigenvalue weighted by atomic mass is 10.00. The van der Waals surface area contributed by atoms with Crippen molar-refractivity contribution in [3.05, 3.63) is 34.9 Å². The number of nitrogens with one attached hydrogen (secondary N) is 1. The molecule has 0 bridgehead atoms. The van der Waals surface area contributed by atoms with Crippen LogP contribution >= 0.6 is 11.6 Å². The molecule has 1 saturated heterocycles. The molecule has 1 aromatic rings. The van der Waals surface area contributed by atoms with Crippen molar-refractivity contribution in [3.63, 3.8) is 0 Å². The van der Waals surface area contributed by atoms with Crippen LogP contribution in [0, 0.1) is 11.3 Å². The smallest absolute Gasteiger partial charge is 0.244 e. The van der Waals surface area contributed by atoms with Gasteiger partial charge < -0.3 is 10.5 Å². The van der Waals surface area contributed by atoms with Gasteiger partial charge in [0.2, 0.25) is 11.5 Å². The normalized spacial score (nSPS) is 23.7. The summed E-state index contributed by atoms with van der Waals surface area (Å²) in [5.74, 6) is -0.290. The first-order valence-electron chi connectivity index (χ1n) is 7.00. The number of benzene rings is 1. The molecule has 1 aliphatic rings. The molecule has 6 nitrogen and oxygen atoms in total. The van der Waals surface area contributed by atoms with E-state index in [2.05, 4.69) is 10.5 Å². The van der Waals surface area contributed by atoms with Crippen molar-refractivity contribution >= 4 is 23.3 Å². The minimum Gasteiger partial charge on any atom is -0.382 e. The molecule has 3 N–H and O–H groups in total. The van der Waals surface area contributed by atoms with Gasteiger partial charge in [0.05, 0.1) is 0 Å². The van der Waals surface area contributed by atoms with Gasteiger partial charge in [-0.2, -0.15) is 10.4 Å². The second kappa shape index (κ2) is 6.77. The summed E-state index contributed by atoms with van der Waals surface area (Å²) in [4.78, 5) is 11.5. The van der Waals surface area contributed by atoms with Gasteiger partial charge in [-0.15, -0.1) is 0 Å². The van der Waals surface area contributed by atoms with E-state index in [9.17, 15) is 10.1 Å². The third kappa shape index (κ3) is 3.38. The highest BCUT2D eigenvalue weighted by molar-refractivity contribution is 6.30. The summed E-state index contributed by atoms with van der Waals surface area (Å²) < 4.78 is 5.44. The van der Waals surface area contributed by atoms with E-state index in [0.717, 1.165) is 18.4 Å². The average molecular weight is 321 g/mol. The molecule has 0 unspecified atom stereocenters. The first-order valence-corrected chi connectivity index (χ1v) is 7.38. The standard InChI is InChI=1S/C15H17ClN4O2/c1-2-3-4-12(21)19-20-14(18)15(9-17)13(22-15)10-5-7-11(16)8-6-10/h5-8,13H,2-4H2,1H3,(H2,18,20)(H,19,21)/t13-,15+/m1/s1. The van der Waals surface area contributed by atoms with Crippen LogP contribution in [0.2, 0.25) is 5.02 Å². The quantitative estimate of drug-likeness (QED) is 0.363. The van der Waals surface area contributed by atoms with Crippen LogP contribution in [-0.2, 0) is 9.53 Å². The molecule has 1 heterocycles. The number of amides is 1. The highest BCUT2D eigenvalue weighted by Crippen LogP contribution is 2.49. The van der Waals surface area contributed by atoms with Crippen LogP contribution in [0.1, 0.15) is 37.9 Å². The molecule has 2 atom stereocenters. The average Bonchev–Trinajstić information content (AvgIpc) is 3.27. The Morgan fingerprint density at radius 2 is 2.23 bits per heavy atom. The van der Waals surface area contributed by atoms with Crippen molar-refractivity contribution < 1.29 is 9.53 Å². The number of hydrogen-bond donors (Lipinski definition) is 2. The number of rotatable bonds is 6. The number of hydrazone groups is 1. The first-order chi connectivity index (χ1) is 10.5. The highest BCUT2D eigenvalue weighted by Gasteiger charge is 2.62. The number of nitriles is 1. The van der Waals surface area contributed by atoms with E-state index in [1.54, 1.807) is 24.3 Å². The predicted molar refractivity (Wildman–Crippen MR) is 82.9 cm³/mol. The van der Waals surface area contributed by atoms with E-state index in [1.165, 1.54) is 0 Å². The van der Waals surface area contributed by atoms with Gasteiger partial charge in [-0.3, -0.25) is 4.79 Å². The van der Waals surface area contributed by atoms with Crippen molar-refractivity contribution in [1.29, 1.82) is 5.26 Å². The summed E-state index contributed by atoms with van der Waals surface area (Å²) in [6.45, 7) is 1.99. The second-order valence-electron chi connectivity index (χ2n) is 5.03. The Balaban J connectivity index is 2.04. The number of nitrogens with two attached hydrogens (primary N) is 1. The Hall–Kier alpha value is -2.10. The molecule has 2 rings (SSSR count). The van der Waals surface area contributed by atoms with E-state index >= 15 is 0 Å². The van der Waals surface area contributed by atoms with Crippen molar-refractivity contribution in [2.24, 2.45) is 10.8 Å². The molecule has 22 heavy (non-hydrogen) atoms. The molecule has 1 fully saturated rings. The van der Waals surface area contributed by atoms with Crippen LogP contribution in [0.4, 0.5) is 0 Å². The maximum Gasteiger partial charge on any atom is 0.244 e. The topological polar surface area (TPSA) is 104 Å². The fourth-order valence-corrected chi connectivity index (χ4v) is 2.15. The fourth-order valence-electron chi connectivity index (χ4n) is 2.03. The minimum atomic E-state index is -1.33. The number of ether oxygens (including phenoxy) is 1. The zero-order chi connectivity index (χ0) is 16.2. The molecule has 0 radical (unpaired) electrons. The molecule has 0 spiro atoms. The maximum absolute atomic E-state index is 11.5. The monoisotopic (exact) mass is 320 g/mol. The minimum absolute atomic E-state index is 0.0557. The van der Waals surface area contributed by atoms with Crippen LogP contribution in [0.25, 0.3) is 0 Å². The van der Waals surface area contributed by atoms with Crippen LogP contribution < -0.4 is 11.2 Å². The number of hydrogen-bond acceptors (Lipinski definition) is 4. The number of nitrogens with zero attached hydrogens (tertiary/aromatic N) is 2. The lowest BCUT2D eigenvalue weighted by Crippen LogP contribution is -2.35. The molecule has 7 heteroatoms. The van der Waals surface area contributed by atoms with Crippen molar-refractivity contribution in [3.8, 4) is 6.07 Å². The van der Waals surface area contributed by atoms with Gasteiger partial charge in [0.1, 0.15) is 12.2 Å². The largest absolute Gasteiger partial charge is 0.382 e. The van der Waals surface area contributed by atoms with Crippen LogP contribution in [-0.4, -0.2) is 17.3 Å². The Morgan fingerprint density at radius 3 is 2.82 bits per heavy atom. The number of amidine groups is 1. The highest BCUT2D eigenvalue weighted by atomic mass is 35.5. The summed E-state index contributed by atoms with van der Waals surface area (Å²) >= 11 is 5.83. The lowest BCUT2D eigenvalue weighted by molar-refractivity contribution is -0.121. The Bertz CT molecular complexity index is 623. The van der Waals surface area contributed by atoms with E-state index < -0.39 is 11.7 Å². The third-order valence-corrected chi connectivity index (χ3v) is 3.65. The van der Waals surface area contributed by atoms with E-state index in [-0.39, 0.29) is 11.7 Å². The van der Waals surface area contributed by atoms with Gasteiger partial charge in [0, 0.05) is 11.4 Å². The maximum atomic E-state index is 11.5. The third-order valence-electron chi connectivity index (χ3n) is 3.39. The zero-order valence-electron chi connectivity index (χ0n) is 12.2. The van der Waals surface area contributed by atoms with Gasteiger partial charge in [-0.25, -0.2) is 5.43 Å². The molecule has 116 valence electrons. The van der Waals surface area contributed by atoms with Gasteiger partial charge >= 0.3 is 0 Å². The summed E-state index contributed by atoms with van der Waals surface area (Å²) in [7, 11) is 0. The SMILES string of the molecule is CCCCC(=O)N/N=C(\N)[C@@]1(C#N)O[C@@H]1c1ccc(Cl)cc1. The molecule has 0 aliphatic carbocycles. The van der Waals surface area contributed by atoms with E-state index in [0.29, 0.717) is 11.4 Å². The summed E-state index contributed by atoms with van der Waals surface area (Å²) in [5, 5.41) is 13.7. The number of carbonyl (C=O) groups is 1. The fraction of sp³-hybridized carbons (Fsp3) is 0.400.